The van der Waals surface area contributed by atoms with Crippen LogP contribution in [0.1, 0.15) is 174 Å². The Balaban J connectivity index is 3.81. The van der Waals surface area contributed by atoms with Gasteiger partial charge in [0.2, 0.25) is 5.91 Å². The van der Waals surface area contributed by atoms with E-state index in [0.717, 1.165) is 44.9 Å². The third-order valence-electron chi connectivity index (χ3n) is 8.15. The fraction of sp³-hybridized carbons (Fsp3) is 0.816. The Labute approximate surface area is 266 Å². The third-order valence-corrected chi connectivity index (χ3v) is 8.15. The summed E-state index contributed by atoms with van der Waals surface area (Å²) < 4.78 is 0. The van der Waals surface area contributed by atoms with E-state index in [1.54, 1.807) is 6.08 Å². The van der Waals surface area contributed by atoms with Crippen LogP contribution >= 0.6 is 0 Å². The summed E-state index contributed by atoms with van der Waals surface area (Å²) in [6.07, 6.45) is 39.8. The molecule has 0 bridgehead atoms. The second-order valence-corrected chi connectivity index (χ2v) is 12.5. The van der Waals surface area contributed by atoms with Crippen molar-refractivity contribution in [2.24, 2.45) is 0 Å². The Kier molecular flexibility index (Phi) is 32.3. The Hall–Kier alpha value is -1.43. The summed E-state index contributed by atoms with van der Waals surface area (Å²) >= 11 is 0. The molecule has 3 unspecified atom stereocenters. The standard InChI is InChI=1S/C38H71NO4/c1-3-5-7-9-11-13-15-17-18-20-21-23-25-27-29-31-35(41)33-38(43)39-36(34-40)37(42)32-30-28-26-24-22-19-16-14-12-10-8-6-4-2/h17-18,22,24,30,32,35-37,40-42H,3-16,19-21,23,25-29,31,33-34H2,1-2H3,(H,39,43)/b18-17-,24-22+,32-30+. The topological polar surface area (TPSA) is 89.8 Å². The van der Waals surface area contributed by atoms with Gasteiger partial charge in [-0.2, -0.15) is 0 Å². The molecule has 4 N–H and O–H groups in total. The molecule has 0 aliphatic heterocycles. The molecule has 3 atom stereocenters. The van der Waals surface area contributed by atoms with Gasteiger partial charge in [0.25, 0.3) is 0 Å². The maximum atomic E-state index is 12.3. The molecule has 5 nitrogen and oxygen atoms in total. The van der Waals surface area contributed by atoms with Gasteiger partial charge in [-0.3, -0.25) is 4.79 Å². The highest BCUT2D eigenvalue weighted by Gasteiger charge is 2.20. The molecular formula is C38H71NO4. The molecule has 43 heavy (non-hydrogen) atoms. The Morgan fingerprint density at radius 3 is 1.49 bits per heavy atom. The van der Waals surface area contributed by atoms with E-state index in [0.29, 0.717) is 6.42 Å². The van der Waals surface area contributed by atoms with E-state index in [2.05, 4.69) is 43.5 Å². The normalized spacial score (nSPS) is 14.3. The zero-order valence-corrected chi connectivity index (χ0v) is 28.3. The Bertz CT molecular complexity index is 675. The summed E-state index contributed by atoms with van der Waals surface area (Å²) in [7, 11) is 0. The van der Waals surface area contributed by atoms with Crippen molar-refractivity contribution in [1.82, 2.24) is 5.32 Å². The van der Waals surface area contributed by atoms with Crippen molar-refractivity contribution in [1.29, 1.82) is 0 Å². The molecule has 0 aromatic heterocycles. The number of carbonyl (C=O) groups is 1. The number of allylic oxidation sites excluding steroid dienone is 5. The highest BCUT2D eigenvalue weighted by molar-refractivity contribution is 5.76. The SMILES string of the molecule is CCCCCCCC/C=C\CCCCCCCC(O)CC(=O)NC(CO)C(O)/C=C/CC/C=C/CCCCCCCCC. The molecule has 0 saturated carbocycles. The molecule has 0 aliphatic rings. The first-order valence-electron chi connectivity index (χ1n) is 18.3. The summed E-state index contributed by atoms with van der Waals surface area (Å²) in [5.41, 5.74) is 0. The molecule has 1 amide bonds. The van der Waals surface area contributed by atoms with Gasteiger partial charge in [0.05, 0.1) is 31.3 Å². The molecule has 0 saturated heterocycles. The molecule has 0 heterocycles. The van der Waals surface area contributed by atoms with Crippen molar-refractivity contribution in [2.75, 3.05) is 6.61 Å². The van der Waals surface area contributed by atoms with Crippen LogP contribution in [0.3, 0.4) is 0 Å². The summed E-state index contributed by atoms with van der Waals surface area (Å²) in [6, 6.07) is -0.760. The van der Waals surface area contributed by atoms with Crippen molar-refractivity contribution in [3.63, 3.8) is 0 Å². The minimum Gasteiger partial charge on any atom is -0.394 e. The smallest absolute Gasteiger partial charge is 0.222 e. The largest absolute Gasteiger partial charge is 0.394 e. The summed E-state index contributed by atoms with van der Waals surface area (Å²) in [5.74, 6) is -0.333. The van der Waals surface area contributed by atoms with E-state index in [-0.39, 0.29) is 18.9 Å². The fourth-order valence-corrected chi connectivity index (χ4v) is 5.29. The Morgan fingerprint density at radius 2 is 1.00 bits per heavy atom. The van der Waals surface area contributed by atoms with Gasteiger partial charge in [-0.05, 0) is 57.8 Å². The number of hydrogen-bond acceptors (Lipinski definition) is 4. The monoisotopic (exact) mass is 606 g/mol. The molecule has 0 aromatic rings. The van der Waals surface area contributed by atoms with Crippen LogP contribution in [0, 0.1) is 0 Å². The van der Waals surface area contributed by atoms with Gasteiger partial charge in [-0.15, -0.1) is 0 Å². The number of unbranched alkanes of at least 4 members (excludes halogenated alkanes) is 19. The zero-order valence-electron chi connectivity index (χ0n) is 28.3. The van der Waals surface area contributed by atoms with E-state index in [1.165, 1.54) is 103 Å². The van der Waals surface area contributed by atoms with E-state index in [4.69, 9.17) is 0 Å². The van der Waals surface area contributed by atoms with E-state index >= 15 is 0 Å². The molecule has 0 aromatic carbocycles. The first-order valence-corrected chi connectivity index (χ1v) is 18.3. The average molecular weight is 606 g/mol. The lowest BCUT2D eigenvalue weighted by molar-refractivity contribution is -0.124. The zero-order chi connectivity index (χ0) is 31.6. The number of rotatable bonds is 32. The summed E-state index contributed by atoms with van der Waals surface area (Å²) in [5, 5.41) is 33.0. The average Bonchev–Trinajstić information content (AvgIpc) is 3.00. The van der Waals surface area contributed by atoms with Crippen molar-refractivity contribution in [3.8, 4) is 0 Å². The number of nitrogens with one attached hydrogen (secondary N) is 1. The highest BCUT2D eigenvalue weighted by Crippen LogP contribution is 2.12. The lowest BCUT2D eigenvalue weighted by Crippen LogP contribution is -2.45. The molecule has 0 radical (unpaired) electrons. The first-order chi connectivity index (χ1) is 21.0. The van der Waals surface area contributed by atoms with Crippen molar-refractivity contribution in [2.45, 2.75) is 193 Å². The number of aliphatic hydroxyl groups is 3. The van der Waals surface area contributed by atoms with Crippen LogP contribution in [0.4, 0.5) is 0 Å². The number of aliphatic hydroxyl groups excluding tert-OH is 3. The van der Waals surface area contributed by atoms with Crippen LogP contribution in [0.5, 0.6) is 0 Å². The Morgan fingerprint density at radius 1 is 0.581 bits per heavy atom. The predicted molar refractivity (Wildman–Crippen MR) is 185 cm³/mol. The molecule has 252 valence electrons. The van der Waals surface area contributed by atoms with Crippen molar-refractivity contribution >= 4 is 5.91 Å². The van der Waals surface area contributed by atoms with Crippen LogP contribution < -0.4 is 5.32 Å². The van der Waals surface area contributed by atoms with E-state index in [9.17, 15) is 20.1 Å². The second kappa shape index (κ2) is 33.5. The molecule has 0 spiro atoms. The maximum Gasteiger partial charge on any atom is 0.222 e. The quantitative estimate of drug-likeness (QED) is 0.0454. The summed E-state index contributed by atoms with van der Waals surface area (Å²) in [6.45, 7) is 4.16. The highest BCUT2D eigenvalue weighted by atomic mass is 16.3. The van der Waals surface area contributed by atoms with Gasteiger partial charge in [-0.1, -0.05) is 147 Å². The predicted octanol–water partition coefficient (Wildman–Crippen LogP) is 9.65. The minimum absolute atomic E-state index is 0.000131. The van der Waals surface area contributed by atoms with Gasteiger partial charge < -0.3 is 20.6 Å². The van der Waals surface area contributed by atoms with Crippen molar-refractivity contribution in [3.05, 3.63) is 36.5 Å². The van der Waals surface area contributed by atoms with Gasteiger partial charge in [0.15, 0.2) is 0 Å². The molecule has 5 heteroatoms. The number of hydrogen-bond donors (Lipinski definition) is 4. The van der Waals surface area contributed by atoms with Gasteiger partial charge in [0.1, 0.15) is 0 Å². The van der Waals surface area contributed by atoms with Gasteiger partial charge in [0, 0.05) is 0 Å². The van der Waals surface area contributed by atoms with Crippen LogP contribution in [0.15, 0.2) is 36.5 Å². The van der Waals surface area contributed by atoms with Gasteiger partial charge in [-0.25, -0.2) is 0 Å². The molecule has 0 aliphatic carbocycles. The lowest BCUT2D eigenvalue weighted by atomic mass is 10.0. The second-order valence-electron chi connectivity index (χ2n) is 12.5. The molecular weight excluding hydrogens is 534 g/mol. The van der Waals surface area contributed by atoms with Crippen LogP contribution in [-0.4, -0.2) is 46.1 Å². The molecule has 0 rings (SSSR count). The van der Waals surface area contributed by atoms with Crippen LogP contribution in [0.2, 0.25) is 0 Å². The summed E-state index contributed by atoms with van der Waals surface area (Å²) in [4.78, 5) is 12.3. The van der Waals surface area contributed by atoms with Crippen molar-refractivity contribution < 1.29 is 20.1 Å². The first kappa shape index (κ1) is 41.6. The minimum atomic E-state index is -0.951. The van der Waals surface area contributed by atoms with Gasteiger partial charge >= 0.3 is 0 Å². The van der Waals surface area contributed by atoms with Crippen LogP contribution in [-0.2, 0) is 4.79 Å². The molecule has 0 fully saturated rings. The van der Waals surface area contributed by atoms with E-state index in [1.807, 2.05) is 6.08 Å². The number of carbonyl (C=O) groups excluding carboxylic acids is 1. The van der Waals surface area contributed by atoms with Crippen LogP contribution in [0.25, 0.3) is 0 Å². The maximum absolute atomic E-state index is 12.3. The lowest BCUT2D eigenvalue weighted by Gasteiger charge is -2.20. The van der Waals surface area contributed by atoms with E-state index < -0.39 is 18.2 Å². The number of amides is 1. The third kappa shape index (κ3) is 30.4. The fourth-order valence-electron chi connectivity index (χ4n) is 5.29.